The number of hydrogen-bond acceptors (Lipinski definition) is 2. The van der Waals surface area contributed by atoms with Crippen LogP contribution in [0.15, 0.2) is 22.7 Å². The fourth-order valence-electron chi connectivity index (χ4n) is 2.15. The van der Waals surface area contributed by atoms with Crippen LogP contribution in [0.1, 0.15) is 36.0 Å². The smallest absolute Gasteiger partial charge is 0.106 e. The zero-order valence-electron chi connectivity index (χ0n) is 9.12. The Labute approximate surface area is 104 Å². The van der Waals surface area contributed by atoms with Crippen molar-refractivity contribution in [2.45, 2.75) is 24.9 Å². The lowest BCUT2D eigenvalue weighted by Gasteiger charge is -2.23. The van der Waals surface area contributed by atoms with Crippen LogP contribution in [-0.2, 0) is 9.47 Å². The van der Waals surface area contributed by atoms with E-state index in [0.29, 0.717) is 13.2 Å². The summed E-state index contributed by atoms with van der Waals surface area (Å²) in [5.74, 6) is 0.784. The van der Waals surface area contributed by atoms with Crippen molar-refractivity contribution in [3.05, 3.63) is 33.8 Å². The second kappa shape index (κ2) is 4.47. The van der Waals surface area contributed by atoms with Crippen molar-refractivity contribution in [1.82, 2.24) is 0 Å². The highest BCUT2D eigenvalue weighted by atomic mass is 79.9. The molecule has 0 spiro atoms. The summed E-state index contributed by atoms with van der Waals surface area (Å²) in [5, 5.41) is 0. The molecular weight excluding hydrogens is 268 g/mol. The van der Waals surface area contributed by atoms with Gasteiger partial charge < -0.3 is 9.47 Å². The number of ether oxygens (including phenoxy) is 2. The van der Waals surface area contributed by atoms with Crippen LogP contribution in [-0.4, -0.2) is 19.8 Å². The number of benzene rings is 1. The minimum atomic E-state index is 0.110. The third-order valence-corrected chi connectivity index (χ3v) is 3.92. The van der Waals surface area contributed by atoms with Crippen LogP contribution in [0.2, 0.25) is 0 Å². The lowest BCUT2D eigenvalue weighted by atomic mass is 10.0. The van der Waals surface area contributed by atoms with Crippen molar-refractivity contribution in [1.29, 1.82) is 0 Å². The maximum absolute atomic E-state index is 5.69. The molecule has 1 unspecified atom stereocenters. The fourth-order valence-corrected chi connectivity index (χ4v) is 2.87. The van der Waals surface area contributed by atoms with E-state index >= 15 is 0 Å². The first-order chi connectivity index (χ1) is 7.84. The zero-order chi connectivity index (χ0) is 11.0. The second-order valence-corrected chi connectivity index (χ2v) is 5.34. The molecule has 1 aliphatic carbocycles. The van der Waals surface area contributed by atoms with Crippen LogP contribution >= 0.6 is 15.9 Å². The molecule has 1 aromatic rings. The van der Waals surface area contributed by atoms with Crippen molar-refractivity contribution >= 4 is 15.9 Å². The van der Waals surface area contributed by atoms with Gasteiger partial charge in [-0.3, -0.25) is 0 Å². The highest BCUT2D eigenvalue weighted by Gasteiger charge is 2.26. The van der Waals surface area contributed by atoms with Crippen molar-refractivity contribution < 1.29 is 9.47 Å². The third kappa shape index (κ3) is 2.17. The average Bonchev–Trinajstić information content (AvgIpc) is 3.14. The molecule has 1 aliphatic heterocycles. The van der Waals surface area contributed by atoms with Gasteiger partial charge in [0.15, 0.2) is 0 Å². The van der Waals surface area contributed by atoms with E-state index in [1.54, 1.807) is 0 Å². The summed E-state index contributed by atoms with van der Waals surface area (Å²) in [5.41, 5.74) is 2.66. The minimum absolute atomic E-state index is 0.110. The number of halogens is 1. The maximum atomic E-state index is 5.69. The van der Waals surface area contributed by atoms with E-state index < -0.39 is 0 Å². The van der Waals surface area contributed by atoms with Crippen LogP contribution in [0.4, 0.5) is 0 Å². The Morgan fingerprint density at radius 1 is 1.19 bits per heavy atom. The van der Waals surface area contributed by atoms with Gasteiger partial charge in [0.1, 0.15) is 6.10 Å². The molecule has 0 amide bonds. The molecule has 0 N–H and O–H groups in total. The molecule has 1 heterocycles. The average molecular weight is 283 g/mol. The van der Waals surface area contributed by atoms with E-state index in [1.165, 1.54) is 28.4 Å². The van der Waals surface area contributed by atoms with Gasteiger partial charge in [-0.25, -0.2) is 0 Å². The van der Waals surface area contributed by atoms with Gasteiger partial charge in [-0.1, -0.05) is 28.1 Å². The molecular formula is C13H15BrO2. The lowest BCUT2D eigenvalue weighted by molar-refractivity contribution is -0.0901. The number of rotatable bonds is 2. The largest absolute Gasteiger partial charge is 0.376 e. The first kappa shape index (κ1) is 10.8. The highest BCUT2D eigenvalue weighted by Crippen LogP contribution is 2.43. The molecule has 3 heteroatoms. The van der Waals surface area contributed by atoms with E-state index in [4.69, 9.17) is 9.47 Å². The first-order valence-corrected chi connectivity index (χ1v) is 6.62. The molecule has 0 aromatic heterocycles. The van der Waals surface area contributed by atoms with Crippen molar-refractivity contribution in [2.24, 2.45) is 0 Å². The summed E-state index contributed by atoms with van der Waals surface area (Å²) in [6.45, 7) is 2.10. The van der Waals surface area contributed by atoms with E-state index in [-0.39, 0.29) is 6.10 Å². The van der Waals surface area contributed by atoms with Crippen molar-refractivity contribution in [3.8, 4) is 0 Å². The fraction of sp³-hybridized carbons (Fsp3) is 0.538. The van der Waals surface area contributed by atoms with Gasteiger partial charge in [-0.2, -0.15) is 0 Å². The monoisotopic (exact) mass is 282 g/mol. The Hall–Kier alpha value is -0.380. The van der Waals surface area contributed by atoms with E-state index in [9.17, 15) is 0 Å². The van der Waals surface area contributed by atoms with Crippen molar-refractivity contribution in [3.63, 3.8) is 0 Å². The Balaban J connectivity index is 1.81. The first-order valence-electron chi connectivity index (χ1n) is 5.83. The van der Waals surface area contributed by atoms with Crippen LogP contribution in [0.5, 0.6) is 0 Å². The van der Waals surface area contributed by atoms with Crippen LogP contribution in [0.25, 0.3) is 0 Å². The van der Waals surface area contributed by atoms with Crippen LogP contribution in [0, 0.1) is 0 Å². The topological polar surface area (TPSA) is 18.5 Å². The summed E-state index contributed by atoms with van der Waals surface area (Å²) in [6, 6.07) is 6.60. The van der Waals surface area contributed by atoms with Gasteiger partial charge in [0.25, 0.3) is 0 Å². The van der Waals surface area contributed by atoms with Gasteiger partial charge in [0, 0.05) is 4.47 Å². The maximum Gasteiger partial charge on any atom is 0.106 e. The molecule has 16 heavy (non-hydrogen) atoms. The molecule has 86 valence electrons. The zero-order valence-corrected chi connectivity index (χ0v) is 10.7. The van der Waals surface area contributed by atoms with Gasteiger partial charge in [0.05, 0.1) is 19.8 Å². The van der Waals surface area contributed by atoms with E-state index in [1.807, 2.05) is 0 Å². The Kier molecular flexibility index (Phi) is 3.01. The Morgan fingerprint density at radius 3 is 2.69 bits per heavy atom. The normalized spacial score (nSPS) is 25.7. The van der Waals surface area contributed by atoms with Gasteiger partial charge in [-0.15, -0.1) is 0 Å². The molecule has 0 radical (unpaired) electrons. The highest BCUT2D eigenvalue weighted by molar-refractivity contribution is 9.10. The predicted octanol–water partition coefficient (Wildman–Crippen LogP) is 3.41. The minimum Gasteiger partial charge on any atom is -0.376 e. The molecule has 0 bridgehead atoms. The van der Waals surface area contributed by atoms with Crippen molar-refractivity contribution in [2.75, 3.05) is 19.8 Å². The van der Waals surface area contributed by atoms with Gasteiger partial charge in [-0.05, 0) is 36.0 Å². The van der Waals surface area contributed by atoms with E-state index in [0.717, 1.165) is 12.5 Å². The summed E-state index contributed by atoms with van der Waals surface area (Å²) in [6.07, 6.45) is 2.78. The quantitative estimate of drug-likeness (QED) is 0.828. The molecule has 1 atom stereocenters. The predicted molar refractivity (Wildman–Crippen MR) is 65.6 cm³/mol. The Morgan fingerprint density at radius 2 is 2.06 bits per heavy atom. The molecule has 2 aliphatic rings. The second-order valence-electron chi connectivity index (χ2n) is 4.49. The SMILES string of the molecule is Brc1cc(C2COCCO2)ccc1C1CC1. The molecule has 1 saturated carbocycles. The Bertz CT molecular complexity index is 382. The van der Waals surface area contributed by atoms with E-state index in [2.05, 4.69) is 34.1 Å². The van der Waals surface area contributed by atoms with Crippen LogP contribution < -0.4 is 0 Å². The molecule has 2 nitrogen and oxygen atoms in total. The molecule has 3 rings (SSSR count). The lowest BCUT2D eigenvalue weighted by Crippen LogP contribution is -2.21. The summed E-state index contributed by atoms with van der Waals surface area (Å²) < 4.78 is 12.3. The summed E-state index contributed by atoms with van der Waals surface area (Å²) in [7, 11) is 0. The molecule has 2 fully saturated rings. The summed E-state index contributed by atoms with van der Waals surface area (Å²) in [4.78, 5) is 0. The third-order valence-electron chi connectivity index (χ3n) is 3.23. The standard InChI is InChI=1S/C13H15BrO2/c14-12-7-10(13-8-15-5-6-16-13)3-4-11(12)9-1-2-9/h3-4,7,9,13H,1-2,5-6,8H2. The number of hydrogen-bond donors (Lipinski definition) is 0. The summed E-state index contributed by atoms with van der Waals surface area (Å²) >= 11 is 3.66. The van der Waals surface area contributed by atoms with Crippen LogP contribution in [0.3, 0.4) is 0 Å². The molecule has 1 aromatic carbocycles. The van der Waals surface area contributed by atoms with Gasteiger partial charge in [0.2, 0.25) is 0 Å². The molecule has 1 saturated heterocycles. The van der Waals surface area contributed by atoms with Gasteiger partial charge >= 0.3 is 0 Å².